The van der Waals surface area contributed by atoms with Crippen molar-refractivity contribution < 1.29 is 9.18 Å². The second-order valence-corrected chi connectivity index (χ2v) is 5.93. The van der Waals surface area contributed by atoms with E-state index in [4.69, 9.17) is 0 Å². The third-order valence-corrected chi connectivity index (χ3v) is 4.10. The molecule has 0 atom stereocenters. The van der Waals surface area contributed by atoms with Crippen molar-refractivity contribution in [3.05, 3.63) is 48.7 Å². The molecule has 1 amide bonds. The fraction of sp³-hybridized carbons (Fsp3) is 0.235. The highest BCUT2D eigenvalue weighted by molar-refractivity contribution is 6.03. The lowest BCUT2D eigenvalue weighted by molar-refractivity contribution is 0.102. The van der Waals surface area contributed by atoms with Crippen LogP contribution in [0.4, 0.5) is 15.9 Å². The Morgan fingerprint density at radius 3 is 2.88 bits per heavy atom. The van der Waals surface area contributed by atoms with Gasteiger partial charge in [0.2, 0.25) is 0 Å². The number of aryl methyl sites for hydroxylation is 1. The van der Waals surface area contributed by atoms with Crippen molar-refractivity contribution in [2.45, 2.75) is 6.42 Å². The van der Waals surface area contributed by atoms with Gasteiger partial charge in [-0.1, -0.05) is 0 Å². The maximum absolute atomic E-state index is 14.2. The topological polar surface area (TPSA) is 75.9 Å². The number of anilines is 2. The summed E-state index contributed by atoms with van der Waals surface area (Å²) >= 11 is 0. The first kappa shape index (κ1) is 15.5. The average Bonchev–Trinajstić information content (AvgIpc) is 3.24. The summed E-state index contributed by atoms with van der Waals surface area (Å²) in [5.41, 5.74) is 0.757. The van der Waals surface area contributed by atoms with Crippen molar-refractivity contribution >= 4 is 28.3 Å². The second-order valence-electron chi connectivity index (χ2n) is 5.93. The number of halogens is 1. The molecule has 1 aliphatic rings. The van der Waals surface area contributed by atoms with Gasteiger partial charge < -0.3 is 10.2 Å². The molecule has 8 heteroatoms. The average molecular weight is 339 g/mol. The van der Waals surface area contributed by atoms with Crippen LogP contribution < -0.4 is 10.2 Å². The summed E-state index contributed by atoms with van der Waals surface area (Å²) < 4.78 is 15.8. The minimum Gasteiger partial charge on any atom is -0.355 e. The summed E-state index contributed by atoms with van der Waals surface area (Å²) in [6.45, 7) is 1.73. The van der Waals surface area contributed by atoms with E-state index in [2.05, 4.69) is 31.7 Å². The Bertz CT molecular complexity index is 930. The van der Waals surface area contributed by atoms with Crippen molar-refractivity contribution in [3.63, 3.8) is 0 Å². The minimum absolute atomic E-state index is 0.0884. The van der Waals surface area contributed by atoms with E-state index in [1.807, 2.05) is 0 Å². The molecule has 3 aromatic rings. The smallest absolute Gasteiger partial charge is 0.275 e. The Morgan fingerprint density at radius 1 is 1.28 bits per heavy atom. The molecule has 0 aliphatic carbocycles. The predicted octanol–water partition coefficient (Wildman–Crippen LogP) is 2.17. The van der Waals surface area contributed by atoms with Gasteiger partial charge in [0.1, 0.15) is 17.3 Å². The normalized spacial score (nSPS) is 14.2. The maximum atomic E-state index is 14.2. The number of carbonyl (C=O) groups is 1. The number of hydrogen-bond acceptors (Lipinski definition) is 5. The summed E-state index contributed by atoms with van der Waals surface area (Å²) in [5, 5.41) is 7.42. The maximum Gasteiger partial charge on any atom is 0.275 e. The Labute approximate surface area is 143 Å². The summed E-state index contributed by atoms with van der Waals surface area (Å²) in [6, 6.07) is 2.85. The van der Waals surface area contributed by atoms with Gasteiger partial charge in [-0.2, -0.15) is 5.10 Å². The van der Waals surface area contributed by atoms with Crippen LogP contribution in [0.3, 0.4) is 0 Å². The third-order valence-electron chi connectivity index (χ3n) is 4.10. The molecule has 3 heterocycles. The van der Waals surface area contributed by atoms with E-state index < -0.39 is 11.7 Å². The molecule has 2 aromatic heterocycles. The first-order valence-electron chi connectivity index (χ1n) is 7.93. The molecule has 1 N–H and O–H groups in total. The molecule has 0 bridgehead atoms. The number of rotatable bonds is 3. The van der Waals surface area contributed by atoms with Crippen LogP contribution in [-0.4, -0.2) is 38.7 Å². The molecule has 1 aliphatic heterocycles. The van der Waals surface area contributed by atoms with E-state index in [0.29, 0.717) is 5.52 Å². The number of aromatic nitrogens is 4. The van der Waals surface area contributed by atoms with E-state index in [9.17, 15) is 9.18 Å². The first-order valence-corrected chi connectivity index (χ1v) is 7.93. The summed E-state index contributed by atoms with van der Waals surface area (Å²) in [4.78, 5) is 22.8. The zero-order valence-electron chi connectivity index (χ0n) is 13.6. The Hall–Kier alpha value is -3.03. The lowest BCUT2D eigenvalue weighted by Gasteiger charge is -2.15. The van der Waals surface area contributed by atoms with Crippen molar-refractivity contribution in [2.24, 2.45) is 7.05 Å². The molecule has 0 saturated carbocycles. The molecular weight excluding hydrogens is 323 g/mol. The van der Waals surface area contributed by atoms with Gasteiger partial charge in [-0.05, 0) is 18.9 Å². The molecule has 0 unspecified atom stereocenters. The highest BCUT2D eigenvalue weighted by Crippen LogP contribution is 2.22. The molecule has 7 nitrogen and oxygen atoms in total. The van der Waals surface area contributed by atoms with Crippen LogP contribution in [0.25, 0.3) is 10.9 Å². The van der Waals surface area contributed by atoms with Gasteiger partial charge in [-0.3, -0.25) is 9.48 Å². The largest absolute Gasteiger partial charge is 0.355 e. The number of nitrogens with one attached hydrogen (secondary N) is 1. The SMILES string of the molecule is Cn1cc2cc(NC(=O)c3cnc(N4C[CH]CC4)cn3)c(F)cc2n1. The number of fused-ring (bicyclic) bond motifs is 1. The minimum atomic E-state index is -0.545. The van der Waals surface area contributed by atoms with E-state index in [1.54, 1.807) is 30.2 Å². The van der Waals surface area contributed by atoms with E-state index >= 15 is 0 Å². The van der Waals surface area contributed by atoms with Crippen LogP contribution in [0.15, 0.2) is 30.7 Å². The number of hydrogen-bond donors (Lipinski definition) is 1. The second kappa shape index (κ2) is 6.12. The molecule has 1 saturated heterocycles. The number of benzene rings is 1. The van der Waals surface area contributed by atoms with Crippen LogP contribution in [-0.2, 0) is 7.05 Å². The Balaban J connectivity index is 1.54. The van der Waals surface area contributed by atoms with E-state index in [-0.39, 0.29) is 11.4 Å². The molecule has 0 spiro atoms. The Kier molecular flexibility index (Phi) is 3.79. The predicted molar refractivity (Wildman–Crippen MR) is 91.8 cm³/mol. The van der Waals surface area contributed by atoms with Crippen LogP contribution >= 0.6 is 0 Å². The van der Waals surface area contributed by atoms with Gasteiger partial charge in [0.25, 0.3) is 5.91 Å². The lowest BCUT2D eigenvalue weighted by atomic mass is 10.2. The molecule has 25 heavy (non-hydrogen) atoms. The van der Waals surface area contributed by atoms with Crippen LogP contribution in [0.2, 0.25) is 0 Å². The zero-order valence-corrected chi connectivity index (χ0v) is 13.6. The third kappa shape index (κ3) is 3.02. The van der Waals surface area contributed by atoms with Crippen molar-refractivity contribution in [1.82, 2.24) is 19.7 Å². The number of carbonyl (C=O) groups excluding carboxylic acids is 1. The number of nitrogens with zero attached hydrogens (tertiary/aromatic N) is 5. The van der Waals surface area contributed by atoms with E-state index in [1.165, 1.54) is 12.3 Å². The standard InChI is InChI=1S/C17H16FN6O/c1-23-10-11-6-14(12(18)7-13(11)22-23)21-17(25)15-8-20-16(9-19-15)24-4-2-3-5-24/h2,6-10H,3-5H2,1H3,(H,21,25). The van der Waals surface area contributed by atoms with Crippen LogP contribution in [0.5, 0.6) is 0 Å². The van der Waals surface area contributed by atoms with Crippen molar-refractivity contribution in [1.29, 1.82) is 0 Å². The van der Waals surface area contributed by atoms with Gasteiger partial charge in [0, 0.05) is 37.8 Å². The highest BCUT2D eigenvalue weighted by atomic mass is 19.1. The molecule has 4 rings (SSSR count). The van der Waals surface area contributed by atoms with Gasteiger partial charge in [-0.15, -0.1) is 0 Å². The van der Waals surface area contributed by atoms with Crippen molar-refractivity contribution in [2.75, 3.05) is 23.3 Å². The molecule has 1 aromatic carbocycles. The Morgan fingerprint density at radius 2 is 2.16 bits per heavy atom. The van der Waals surface area contributed by atoms with Gasteiger partial charge >= 0.3 is 0 Å². The molecule has 127 valence electrons. The summed E-state index contributed by atoms with van der Waals surface area (Å²) in [7, 11) is 1.76. The first-order chi connectivity index (χ1) is 12.1. The van der Waals surface area contributed by atoms with E-state index in [0.717, 1.165) is 30.7 Å². The fourth-order valence-corrected chi connectivity index (χ4v) is 2.85. The fourth-order valence-electron chi connectivity index (χ4n) is 2.85. The van der Waals surface area contributed by atoms with Gasteiger partial charge in [-0.25, -0.2) is 14.4 Å². The van der Waals surface area contributed by atoms with Gasteiger partial charge in [0.15, 0.2) is 0 Å². The molecule has 1 fully saturated rings. The van der Waals surface area contributed by atoms with Gasteiger partial charge in [0.05, 0.1) is 23.6 Å². The summed E-state index contributed by atoms with van der Waals surface area (Å²) in [6.07, 6.45) is 7.91. The zero-order chi connectivity index (χ0) is 17.4. The lowest BCUT2D eigenvalue weighted by Crippen LogP contribution is -2.20. The van der Waals surface area contributed by atoms with Crippen LogP contribution in [0, 0.1) is 12.2 Å². The highest BCUT2D eigenvalue weighted by Gasteiger charge is 2.16. The monoisotopic (exact) mass is 339 g/mol. The molecule has 1 radical (unpaired) electrons. The summed E-state index contributed by atoms with van der Waals surface area (Å²) in [5.74, 6) is -0.320. The van der Waals surface area contributed by atoms with Crippen LogP contribution in [0.1, 0.15) is 16.9 Å². The van der Waals surface area contributed by atoms with Crippen molar-refractivity contribution in [3.8, 4) is 0 Å². The molecular formula is C17H16FN6O. The quantitative estimate of drug-likeness (QED) is 0.791. The number of amides is 1.